The van der Waals surface area contributed by atoms with E-state index < -0.39 is 0 Å². The first-order valence-electron chi connectivity index (χ1n) is 8.98. The molecule has 6 nitrogen and oxygen atoms in total. The van der Waals surface area contributed by atoms with Crippen molar-refractivity contribution in [3.05, 3.63) is 40.7 Å². The van der Waals surface area contributed by atoms with Gasteiger partial charge in [0.25, 0.3) is 0 Å². The summed E-state index contributed by atoms with van der Waals surface area (Å²) in [4.78, 5) is 27.4. The summed E-state index contributed by atoms with van der Waals surface area (Å²) in [5.74, 6) is 0.676. The Morgan fingerprint density at radius 1 is 1.24 bits per heavy atom. The molecule has 1 aromatic heterocycles. The number of Topliss-reactive ketones (excluding diaryl/α,β-unsaturated/α-hetero) is 1. The molecule has 128 valence electrons. The number of ketones is 1. The third kappa shape index (κ3) is 2.09. The molecule has 5 rings (SSSR count). The van der Waals surface area contributed by atoms with Crippen LogP contribution in [-0.2, 0) is 24.7 Å². The highest BCUT2D eigenvalue weighted by Crippen LogP contribution is 2.45. The second kappa shape index (κ2) is 5.25. The van der Waals surface area contributed by atoms with Crippen LogP contribution in [0.3, 0.4) is 0 Å². The molecule has 2 unspecified atom stereocenters. The number of aryl methyl sites for hydroxylation is 2. The van der Waals surface area contributed by atoms with Crippen molar-refractivity contribution in [3.63, 3.8) is 0 Å². The van der Waals surface area contributed by atoms with E-state index in [9.17, 15) is 9.59 Å². The van der Waals surface area contributed by atoms with E-state index in [0.717, 1.165) is 47.5 Å². The van der Waals surface area contributed by atoms with Crippen LogP contribution in [0.4, 0.5) is 5.69 Å². The number of fused-ring (bicyclic) bond motifs is 1. The molecule has 0 fully saturated rings. The molecule has 1 aromatic carbocycles. The van der Waals surface area contributed by atoms with Gasteiger partial charge in [0.15, 0.2) is 5.78 Å². The molecule has 0 saturated heterocycles. The van der Waals surface area contributed by atoms with Crippen molar-refractivity contribution in [2.75, 3.05) is 11.4 Å². The molecule has 2 aliphatic carbocycles. The normalized spacial score (nSPS) is 24.2. The van der Waals surface area contributed by atoms with Crippen LogP contribution in [-0.4, -0.2) is 33.2 Å². The molecule has 0 bridgehead atoms. The molecular weight excluding hydrogens is 316 g/mol. The number of nitrogens with zero attached hydrogens (tertiary/aromatic N) is 4. The van der Waals surface area contributed by atoms with E-state index in [-0.39, 0.29) is 17.6 Å². The van der Waals surface area contributed by atoms with E-state index >= 15 is 0 Å². The largest absolute Gasteiger partial charge is 0.311 e. The van der Waals surface area contributed by atoms with Gasteiger partial charge in [-0.25, -0.2) is 0 Å². The van der Waals surface area contributed by atoms with E-state index in [1.54, 1.807) is 4.68 Å². The Labute approximate surface area is 145 Å². The Bertz CT molecular complexity index is 901. The summed E-state index contributed by atoms with van der Waals surface area (Å²) in [5, 5.41) is 8.27. The second-order valence-electron chi connectivity index (χ2n) is 7.39. The minimum absolute atomic E-state index is 0.0311. The van der Waals surface area contributed by atoms with Gasteiger partial charge in [0, 0.05) is 49.5 Å². The minimum atomic E-state index is -0.0311. The molecule has 1 aliphatic heterocycles. The maximum Gasteiger partial charge on any atom is 0.230 e. The van der Waals surface area contributed by atoms with Gasteiger partial charge in [-0.1, -0.05) is 17.3 Å². The number of carbonyl (C=O) groups excluding carboxylic acids is 2. The lowest BCUT2D eigenvalue weighted by Crippen LogP contribution is -2.38. The molecule has 3 aliphatic rings. The van der Waals surface area contributed by atoms with Crippen molar-refractivity contribution in [1.82, 2.24) is 15.0 Å². The van der Waals surface area contributed by atoms with Crippen LogP contribution >= 0.6 is 0 Å². The topological polar surface area (TPSA) is 68.1 Å². The predicted molar refractivity (Wildman–Crippen MR) is 91.6 cm³/mol. The number of hydrogen-bond donors (Lipinski definition) is 0. The highest BCUT2D eigenvalue weighted by molar-refractivity contribution is 6.04. The van der Waals surface area contributed by atoms with E-state index in [1.807, 2.05) is 30.1 Å². The van der Waals surface area contributed by atoms with Crippen molar-refractivity contribution in [2.45, 2.75) is 38.0 Å². The molecular formula is C19H20N4O2. The average Bonchev–Trinajstić information content (AvgIpc) is 3.19. The first-order valence-corrected chi connectivity index (χ1v) is 8.98. The van der Waals surface area contributed by atoms with Gasteiger partial charge in [0.1, 0.15) is 0 Å². The number of carbonyl (C=O) groups is 2. The monoisotopic (exact) mass is 336 g/mol. The van der Waals surface area contributed by atoms with Gasteiger partial charge in [-0.2, -0.15) is 0 Å². The number of rotatable bonds is 1. The van der Waals surface area contributed by atoms with Crippen LogP contribution in [0.2, 0.25) is 0 Å². The molecule has 0 saturated carbocycles. The first-order chi connectivity index (χ1) is 12.1. The number of anilines is 1. The van der Waals surface area contributed by atoms with Crippen molar-refractivity contribution in [1.29, 1.82) is 0 Å². The lowest BCUT2D eigenvalue weighted by Gasteiger charge is -2.26. The maximum absolute atomic E-state index is 13.3. The Balaban J connectivity index is 1.47. The van der Waals surface area contributed by atoms with Gasteiger partial charge >= 0.3 is 0 Å². The minimum Gasteiger partial charge on any atom is -0.311 e. The molecule has 0 radical (unpaired) electrons. The van der Waals surface area contributed by atoms with Crippen LogP contribution in [0, 0.1) is 5.92 Å². The number of benzene rings is 1. The number of aromatic nitrogens is 3. The van der Waals surface area contributed by atoms with Gasteiger partial charge in [0.2, 0.25) is 5.91 Å². The lowest BCUT2D eigenvalue weighted by molar-refractivity contribution is -0.122. The van der Waals surface area contributed by atoms with E-state index in [0.29, 0.717) is 25.3 Å². The fourth-order valence-electron chi connectivity index (χ4n) is 4.70. The number of amides is 1. The van der Waals surface area contributed by atoms with Crippen LogP contribution < -0.4 is 4.90 Å². The van der Waals surface area contributed by atoms with E-state index in [2.05, 4.69) is 10.3 Å². The molecule has 25 heavy (non-hydrogen) atoms. The molecule has 1 amide bonds. The lowest BCUT2D eigenvalue weighted by atomic mass is 9.83. The molecule has 6 heteroatoms. The van der Waals surface area contributed by atoms with Gasteiger partial charge in [-0.3, -0.25) is 14.3 Å². The third-order valence-corrected chi connectivity index (χ3v) is 6.01. The second-order valence-corrected chi connectivity index (χ2v) is 7.39. The van der Waals surface area contributed by atoms with E-state index in [1.165, 1.54) is 0 Å². The van der Waals surface area contributed by atoms with Gasteiger partial charge in [-0.15, -0.1) is 5.10 Å². The Morgan fingerprint density at radius 2 is 2.12 bits per heavy atom. The molecule has 2 heterocycles. The van der Waals surface area contributed by atoms with Crippen LogP contribution in [0.1, 0.15) is 52.5 Å². The Hall–Kier alpha value is -2.50. The van der Waals surface area contributed by atoms with Crippen molar-refractivity contribution in [3.8, 4) is 0 Å². The molecule has 0 spiro atoms. The summed E-state index contributed by atoms with van der Waals surface area (Å²) in [6.07, 6.45) is 3.78. The summed E-state index contributed by atoms with van der Waals surface area (Å²) in [5.41, 5.74) is 4.98. The van der Waals surface area contributed by atoms with E-state index in [4.69, 9.17) is 0 Å². The SMILES string of the molecule is Cn1nnc2c1CC(C(=O)N1CC3CCC(=O)c4cccc1c43)CC2. The summed E-state index contributed by atoms with van der Waals surface area (Å²) >= 11 is 0. The van der Waals surface area contributed by atoms with Crippen molar-refractivity contribution >= 4 is 17.4 Å². The summed E-state index contributed by atoms with van der Waals surface area (Å²) in [6.45, 7) is 0.714. The predicted octanol–water partition coefficient (Wildman–Crippen LogP) is 2.03. The first kappa shape index (κ1) is 14.8. The third-order valence-electron chi connectivity index (χ3n) is 6.01. The fourth-order valence-corrected chi connectivity index (χ4v) is 4.70. The fraction of sp³-hybridized carbons (Fsp3) is 0.474. The standard InChI is InChI=1S/C19H20N4O2/c1-22-16-9-11(5-7-14(16)20-21-22)19(25)23-10-12-6-8-17(24)13-3-2-4-15(23)18(12)13/h2-4,11-12H,5-10H2,1H3. The number of hydrogen-bond acceptors (Lipinski definition) is 4. The average molecular weight is 336 g/mol. The van der Waals surface area contributed by atoms with Crippen molar-refractivity contribution < 1.29 is 9.59 Å². The zero-order valence-corrected chi connectivity index (χ0v) is 14.2. The zero-order chi connectivity index (χ0) is 17.1. The summed E-state index contributed by atoms with van der Waals surface area (Å²) in [7, 11) is 1.89. The summed E-state index contributed by atoms with van der Waals surface area (Å²) < 4.78 is 1.79. The highest BCUT2D eigenvalue weighted by atomic mass is 16.2. The Morgan fingerprint density at radius 3 is 3.00 bits per heavy atom. The Kier molecular flexibility index (Phi) is 3.11. The highest BCUT2D eigenvalue weighted by Gasteiger charge is 2.40. The van der Waals surface area contributed by atoms with Gasteiger partial charge in [0.05, 0.1) is 11.4 Å². The quantitative estimate of drug-likeness (QED) is 0.799. The van der Waals surface area contributed by atoms with Crippen LogP contribution in [0.5, 0.6) is 0 Å². The zero-order valence-electron chi connectivity index (χ0n) is 14.2. The van der Waals surface area contributed by atoms with Crippen LogP contribution in [0.15, 0.2) is 18.2 Å². The van der Waals surface area contributed by atoms with Gasteiger partial charge < -0.3 is 4.90 Å². The molecule has 2 atom stereocenters. The molecule has 2 aromatic rings. The maximum atomic E-state index is 13.3. The van der Waals surface area contributed by atoms with Crippen molar-refractivity contribution in [2.24, 2.45) is 13.0 Å². The van der Waals surface area contributed by atoms with Gasteiger partial charge in [-0.05, 0) is 30.9 Å². The smallest absolute Gasteiger partial charge is 0.230 e. The molecule has 0 N–H and O–H groups in total. The summed E-state index contributed by atoms with van der Waals surface area (Å²) in [6, 6.07) is 5.81. The van der Waals surface area contributed by atoms with Crippen LogP contribution in [0.25, 0.3) is 0 Å².